The molecule has 0 radical (unpaired) electrons. The van der Waals surface area contributed by atoms with Gasteiger partial charge in [0.05, 0.1) is 12.7 Å². The molecule has 0 atom stereocenters. The standard InChI is InChI=1S/C17H13F2NO3/c1-22-11-8-6-10(7-9-11)14-15(23-17(20-14)16(18)19)12-4-2-3-5-13(12)21/h2-9,16,21H,1H3. The summed E-state index contributed by atoms with van der Waals surface area (Å²) in [4.78, 5) is 3.88. The molecule has 0 saturated carbocycles. The van der Waals surface area contributed by atoms with Gasteiger partial charge in [0, 0.05) is 5.56 Å². The van der Waals surface area contributed by atoms with Gasteiger partial charge in [-0.15, -0.1) is 0 Å². The van der Waals surface area contributed by atoms with Gasteiger partial charge < -0.3 is 14.3 Å². The average Bonchev–Trinajstić information content (AvgIpc) is 3.01. The summed E-state index contributed by atoms with van der Waals surface area (Å²) in [5, 5.41) is 9.97. The predicted molar refractivity (Wildman–Crippen MR) is 80.5 cm³/mol. The van der Waals surface area contributed by atoms with Crippen LogP contribution in [-0.4, -0.2) is 17.2 Å². The number of halogens is 2. The van der Waals surface area contributed by atoms with Gasteiger partial charge in [0.2, 0.25) is 0 Å². The first kappa shape index (κ1) is 15.0. The molecule has 0 aliphatic rings. The minimum absolute atomic E-state index is 0.0702. The Bertz CT molecular complexity index is 813. The maximum Gasteiger partial charge on any atom is 0.313 e. The van der Waals surface area contributed by atoms with E-state index in [0.29, 0.717) is 16.9 Å². The summed E-state index contributed by atoms with van der Waals surface area (Å²) >= 11 is 0. The van der Waals surface area contributed by atoms with Gasteiger partial charge in [0.15, 0.2) is 5.76 Å². The van der Waals surface area contributed by atoms with Gasteiger partial charge in [-0.25, -0.2) is 4.98 Å². The molecule has 0 aliphatic heterocycles. The highest BCUT2D eigenvalue weighted by molar-refractivity contribution is 5.80. The fraction of sp³-hybridized carbons (Fsp3) is 0.118. The summed E-state index contributed by atoms with van der Waals surface area (Å²) < 4.78 is 36.2. The number of hydrogen-bond donors (Lipinski definition) is 1. The van der Waals surface area contributed by atoms with Crippen LogP contribution in [0.2, 0.25) is 0 Å². The van der Waals surface area contributed by atoms with Crippen LogP contribution in [0.25, 0.3) is 22.6 Å². The van der Waals surface area contributed by atoms with E-state index in [2.05, 4.69) is 4.98 Å². The van der Waals surface area contributed by atoms with Crippen LogP contribution in [0.15, 0.2) is 52.9 Å². The summed E-state index contributed by atoms with van der Waals surface area (Å²) in [5.74, 6) is -0.0210. The molecule has 4 nitrogen and oxygen atoms in total. The average molecular weight is 317 g/mol. The monoisotopic (exact) mass is 317 g/mol. The second kappa shape index (κ2) is 6.08. The molecule has 0 bridgehead atoms. The molecule has 0 saturated heterocycles. The van der Waals surface area contributed by atoms with E-state index in [1.807, 2.05) is 0 Å². The number of nitrogens with zero attached hydrogens (tertiary/aromatic N) is 1. The van der Waals surface area contributed by atoms with Gasteiger partial charge in [-0.05, 0) is 36.4 Å². The van der Waals surface area contributed by atoms with E-state index in [4.69, 9.17) is 9.15 Å². The highest BCUT2D eigenvalue weighted by Gasteiger charge is 2.23. The predicted octanol–water partition coefficient (Wildman–Crippen LogP) is 4.66. The van der Waals surface area contributed by atoms with E-state index in [1.165, 1.54) is 13.2 Å². The molecule has 1 aromatic heterocycles. The smallest absolute Gasteiger partial charge is 0.313 e. The van der Waals surface area contributed by atoms with Crippen molar-refractivity contribution in [1.29, 1.82) is 0 Å². The van der Waals surface area contributed by atoms with E-state index in [0.717, 1.165) is 0 Å². The Hall–Kier alpha value is -2.89. The normalized spacial score (nSPS) is 11.0. The van der Waals surface area contributed by atoms with Gasteiger partial charge in [0.1, 0.15) is 17.2 Å². The molecular weight excluding hydrogens is 304 g/mol. The molecule has 2 aromatic carbocycles. The summed E-state index contributed by atoms with van der Waals surface area (Å²) in [5.41, 5.74) is 1.13. The molecule has 1 heterocycles. The largest absolute Gasteiger partial charge is 0.507 e. The number of methoxy groups -OCH3 is 1. The van der Waals surface area contributed by atoms with Crippen molar-refractivity contribution >= 4 is 0 Å². The maximum absolute atomic E-state index is 13.0. The van der Waals surface area contributed by atoms with Crippen molar-refractivity contribution in [3.8, 4) is 34.1 Å². The van der Waals surface area contributed by atoms with Crippen LogP contribution in [0.3, 0.4) is 0 Å². The van der Waals surface area contributed by atoms with Crippen molar-refractivity contribution < 1.29 is 23.0 Å². The van der Waals surface area contributed by atoms with Crippen LogP contribution in [0, 0.1) is 0 Å². The number of oxazole rings is 1. The number of alkyl halides is 2. The lowest BCUT2D eigenvalue weighted by atomic mass is 10.1. The van der Waals surface area contributed by atoms with Crippen LogP contribution < -0.4 is 4.74 Å². The third kappa shape index (κ3) is 2.88. The molecule has 1 N–H and O–H groups in total. The number of aromatic nitrogens is 1. The van der Waals surface area contributed by atoms with Crippen molar-refractivity contribution in [3.05, 3.63) is 54.4 Å². The van der Waals surface area contributed by atoms with E-state index in [1.54, 1.807) is 42.5 Å². The molecule has 0 spiro atoms. The van der Waals surface area contributed by atoms with Gasteiger partial charge in [-0.3, -0.25) is 0 Å². The Morgan fingerprint density at radius 2 is 1.78 bits per heavy atom. The van der Waals surface area contributed by atoms with Crippen molar-refractivity contribution in [2.75, 3.05) is 7.11 Å². The molecular formula is C17H13F2NO3. The van der Waals surface area contributed by atoms with Crippen molar-refractivity contribution in [2.45, 2.75) is 6.43 Å². The number of rotatable bonds is 4. The van der Waals surface area contributed by atoms with Crippen molar-refractivity contribution in [3.63, 3.8) is 0 Å². The quantitative estimate of drug-likeness (QED) is 0.760. The summed E-state index contributed by atoms with van der Waals surface area (Å²) in [6.07, 6.45) is -2.84. The number of hydrogen-bond acceptors (Lipinski definition) is 4. The van der Waals surface area contributed by atoms with Crippen LogP contribution in [0.5, 0.6) is 11.5 Å². The van der Waals surface area contributed by atoms with Crippen molar-refractivity contribution in [2.24, 2.45) is 0 Å². The third-order valence-corrected chi connectivity index (χ3v) is 3.34. The molecule has 0 fully saturated rings. The molecule has 0 amide bonds. The second-order valence-corrected chi connectivity index (χ2v) is 4.78. The van der Waals surface area contributed by atoms with Crippen LogP contribution >= 0.6 is 0 Å². The Morgan fingerprint density at radius 1 is 1.09 bits per heavy atom. The lowest BCUT2D eigenvalue weighted by Gasteiger charge is -2.04. The Morgan fingerprint density at radius 3 is 2.39 bits per heavy atom. The van der Waals surface area contributed by atoms with E-state index in [9.17, 15) is 13.9 Å². The van der Waals surface area contributed by atoms with Crippen LogP contribution in [0.4, 0.5) is 8.78 Å². The molecule has 3 aromatic rings. The van der Waals surface area contributed by atoms with Gasteiger partial charge in [-0.1, -0.05) is 12.1 Å². The fourth-order valence-electron chi connectivity index (χ4n) is 2.22. The zero-order valence-electron chi connectivity index (χ0n) is 12.2. The van der Waals surface area contributed by atoms with Gasteiger partial charge in [0.25, 0.3) is 5.89 Å². The Labute approximate surface area is 131 Å². The van der Waals surface area contributed by atoms with E-state index in [-0.39, 0.29) is 17.2 Å². The minimum Gasteiger partial charge on any atom is -0.507 e. The highest BCUT2D eigenvalue weighted by Crippen LogP contribution is 2.39. The number of ether oxygens (including phenoxy) is 1. The molecule has 3 rings (SSSR count). The molecule has 0 unspecified atom stereocenters. The van der Waals surface area contributed by atoms with Crippen LogP contribution in [-0.2, 0) is 0 Å². The zero-order chi connectivity index (χ0) is 16.4. The SMILES string of the molecule is COc1ccc(-c2nc(C(F)F)oc2-c2ccccc2O)cc1. The molecule has 0 aliphatic carbocycles. The number of phenolic OH excluding ortho intramolecular Hbond substituents is 1. The molecule has 118 valence electrons. The summed E-state index contributed by atoms with van der Waals surface area (Å²) in [6, 6.07) is 13.1. The summed E-state index contributed by atoms with van der Waals surface area (Å²) in [7, 11) is 1.54. The zero-order valence-corrected chi connectivity index (χ0v) is 12.2. The number of phenols is 1. The van der Waals surface area contributed by atoms with Crippen LogP contribution in [0.1, 0.15) is 12.3 Å². The number of aromatic hydroxyl groups is 1. The van der Waals surface area contributed by atoms with Gasteiger partial charge >= 0.3 is 6.43 Å². The molecule has 6 heteroatoms. The number of benzene rings is 2. The lowest BCUT2D eigenvalue weighted by molar-refractivity contribution is 0.116. The van der Waals surface area contributed by atoms with E-state index >= 15 is 0 Å². The Kier molecular flexibility index (Phi) is 3.97. The summed E-state index contributed by atoms with van der Waals surface area (Å²) in [6.45, 7) is 0. The first-order valence-corrected chi connectivity index (χ1v) is 6.82. The highest BCUT2D eigenvalue weighted by atomic mass is 19.3. The third-order valence-electron chi connectivity index (χ3n) is 3.34. The first-order valence-electron chi connectivity index (χ1n) is 6.82. The molecule has 23 heavy (non-hydrogen) atoms. The van der Waals surface area contributed by atoms with Gasteiger partial charge in [-0.2, -0.15) is 8.78 Å². The first-order chi connectivity index (χ1) is 11.1. The van der Waals surface area contributed by atoms with E-state index < -0.39 is 12.3 Å². The van der Waals surface area contributed by atoms with Crippen molar-refractivity contribution in [1.82, 2.24) is 4.98 Å². The second-order valence-electron chi connectivity index (χ2n) is 4.78. The number of para-hydroxylation sites is 1. The maximum atomic E-state index is 13.0. The minimum atomic E-state index is -2.84. The lowest BCUT2D eigenvalue weighted by Crippen LogP contribution is -1.86. The Balaban J connectivity index is 2.16. The topological polar surface area (TPSA) is 55.5 Å². The fourth-order valence-corrected chi connectivity index (χ4v) is 2.22.